The quantitative estimate of drug-likeness (QED) is 0.775. The topological polar surface area (TPSA) is 58.4 Å². The Labute approximate surface area is 129 Å². The second kappa shape index (κ2) is 7.01. The van der Waals surface area contributed by atoms with Crippen molar-refractivity contribution in [3.63, 3.8) is 0 Å². The van der Waals surface area contributed by atoms with Crippen LogP contribution in [0.3, 0.4) is 0 Å². The van der Waals surface area contributed by atoms with Gasteiger partial charge in [-0.25, -0.2) is 26.5 Å². The van der Waals surface area contributed by atoms with Crippen LogP contribution in [0.1, 0.15) is 18.7 Å². The van der Waals surface area contributed by atoms with E-state index in [2.05, 4.69) is 4.98 Å². The molecule has 1 aromatic heterocycles. The Kier molecular flexibility index (Phi) is 5.51. The normalized spacial score (nSPS) is 18.5. The second-order valence-electron chi connectivity index (χ2n) is 5.67. The van der Waals surface area contributed by atoms with Gasteiger partial charge in [-0.15, -0.1) is 0 Å². The second-order valence-corrected chi connectivity index (χ2v) is 7.65. The highest BCUT2D eigenvalue weighted by atomic mass is 32.2. The molecule has 0 radical (unpaired) electrons. The number of hydrogen-bond acceptors (Lipinski definition) is 4. The Balaban J connectivity index is 2.02. The molecule has 0 amide bonds. The van der Waals surface area contributed by atoms with E-state index in [1.807, 2.05) is 11.6 Å². The highest BCUT2D eigenvalue weighted by Crippen LogP contribution is 2.21. The number of aromatic nitrogens is 2. The lowest BCUT2D eigenvalue weighted by Crippen LogP contribution is -2.47. The molecule has 2 rings (SSSR count). The van der Waals surface area contributed by atoms with Gasteiger partial charge in [0.2, 0.25) is 10.0 Å². The van der Waals surface area contributed by atoms with E-state index in [-0.39, 0.29) is 12.6 Å². The molecule has 0 bridgehead atoms. The molecule has 2 heterocycles. The first-order valence-electron chi connectivity index (χ1n) is 7.21. The number of sulfonamides is 1. The number of alkyl halides is 2. The largest absolute Gasteiger partial charge is 0.337 e. The fraction of sp³-hybridized carbons (Fsp3) is 0.769. The van der Waals surface area contributed by atoms with E-state index < -0.39 is 16.4 Å². The molecular weight excluding hydrogens is 314 g/mol. The van der Waals surface area contributed by atoms with Crippen molar-refractivity contribution in [2.24, 2.45) is 7.05 Å². The van der Waals surface area contributed by atoms with E-state index in [0.29, 0.717) is 32.5 Å². The van der Waals surface area contributed by atoms with Gasteiger partial charge in [0.05, 0.1) is 19.3 Å². The van der Waals surface area contributed by atoms with Gasteiger partial charge in [0.25, 0.3) is 6.43 Å². The van der Waals surface area contributed by atoms with Gasteiger partial charge >= 0.3 is 0 Å². The van der Waals surface area contributed by atoms with Gasteiger partial charge in [0.15, 0.2) is 0 Å². The standard InChI is InChI=1S/C13H22F2N4O2S/c1-17-8-5-16-13(17)10-18(9-12(14)15)11-3-6-19(7-4-11)22(2,20)21/h5,8,11-12H,3-4,6-7,9-10H2,1-2H3. The van der Waals surface area contributed by atoms with Crippen LogP contribution in [-0.4, -0.2) is 65.5 Å². The molecule has 0 atom stereocenters. The molecule has 1 aromatic rings. The molecule has 126 valence electrons. The Morgan fingerprint density at radius 1 is 1.41 bits per heavy atom. The third kappa shape index (κ3) is 4.47. The van der Waals surface area contributed by atoms with Crippen molar-refractivity contribution in [1.29, 1.82) is 0 Å². The number of hydrogen-bond donors (Lipinski definition) is 0. The van der Waals surface area contributed by atoms with Gasteiger partial charge in [-0.05, 0) is 12.8 Å². The van der Waals surface area contributed by atoms with Crippen LogP contribution in [-0.2, 0) is 23.6 Å². The van der Waals surface area contributed by atoms with Crippen molar-refractivity contribution in [1.82, 2.24) is 18.8 Å². The van der Waals surface area contributed by atoms with E-state index in [9.17, 15) is 17.2 Å². The molecule has 0 unspecified atom stereocenters. The van der Waals surface area contributed by atoms with Gasteiger partial charge in [-0.3, -0.25) is 4.90 Å². The Bertz CT molecular complexity index is 583. The third-order valence-corrected chi connectivity index (χ3v) is 5.35. The number of rotatable bonds is 6. The summed E-state index contributed by atoms with van der Waals surface area (Å²) in [6, 6.07) is -0.0521. The van der Waals surface area contributed by atoms with Gasteiger partial charge in [0, 0.05) is 38.6 Å². The summed E-state index contributed by atoms with van der Waals surface area (Å²) in [4.78, 5) is 5.90. The molecule has 0 aromatic carbocycles. The van der Waals surface area contributed by atoms with Crippen LogP contribution in [0.4, 0.5) is 8.78 Å². The van der Waals surface area contributed by atoms with Crippen molar-refractivity contribution in [2.75, 3.05) is 25.9 Å². The minimum Gasteiger partial charge on any atom is -0.337 e. The lowest BCUT2D eigenvalue weighted by molar-refractivity contribution is 0.0437. The molecule has 22 heavy (non-hydrogen) atoms. The monoisotopic (exact) mass is 336 g/mol. The molecule has 0 spiro atoms. The number of halogens is 2. The van der Waals surface area contributed by atoms with E-state index in [1.54, 1.807) is 17.3 Å². The Hall–Kier alpha value is -1.06. The summed E-state index contributed by atoms with van der Waals surface area (Å²) in [5.74, 6) is 0.728. The van der Waals surface area contributed by atoms with Gasteiger partial charge in [0.1, 0.15) is 5.82 Å². The smallest absolute Gasteiger partial charge is 0.251 e. The van der Waals surface area contributed by atoms with Crippen LogP contribution in [0.5, 0.6) is 0 Å². The van der Waals surface area contributed by atoms with Gasteiger partial charge < -0.3 is 4.57 Å². The van der Waals surface area contributed by atoms with Crippen molar-refractivity contribution < 1.29 is 17.2 Å². The van der Waals surface area contributed by atoms with E-state index in [1.165, 1.54) is 10.6 Å². The maximum Gasteiger partial charge on any atom is 0.251 e. The summed E-state index contributed by atoms with van der Waals surface area (Å²) in [5, 5.41) is 0. The lowest BCUT2D eigenvalue weighted by atomic mass is 10.0. The number of imidazole rings is 1. The predicted molar refractivity (Wildman–Crippen MR) is 79.1 cm³/mol. The molecule has 1 aliphatic heterocycles. The van der Waals surface area contributed by atoms with E-state index in [4.69, 9.17) is 0 Å². The molecule has 1 aliphatic rings. The summed E-state index contributed by atoms with van der Waals surface area (Å²) in [5.41, 5.74) is 0. The fourth-order valence-corrected chi connectivity index (χ4v) is 3.66. The molecule has 9 heteroatoms. The van der Waals surface area contributed by atoms with E-state index in [0.717, 1.165) is 5.82 Å². The lowest BCUT2D eigenvalue weighted by Gasteiger charge is -2.37. The van der Waals surface area contributed by atoms with Crippen molar-refractivity contribution in [3.05, 3.63) is 18.2 Å². The first-order chi connectivity index (χ1) is 10.3. The zero-order valence-electron chi connectivity index (χ0n) is 12.8. The van der Waals surface area contributed by atoms with Crippen LogP contribution in [0.15, 0.2) is 12.4 Å². The maximum absolute atomic E-state index is 12.9. The Morgan fingerprint density at radius 3 is 2.50 bits per heavy atom. The summed E-state index contributed by atoms with van der Waals surface area (Å²) < 4.78 is 52.0. The minimum atomic E-state index is -3.20. The summed E-state index contributed by atoms with van der Waals surface area (Å²) in [7, 11) is -1.38. The van der Waals surface area contributed by atoms with Crippen LogP contribution in [0.2, 0.25) is 0 Å². The maximum atomic E-state index is 12.9. The number of aryl methyl sites for hydroxylation is 1. The SMILES string of the molecule is Cn1ccnc1CN(CC(F)F)C1CCN(S(C)(=O)=O)CC1. The van der Waals surface area contributed by atoms with Crippen LogP contribution in [0.25, 0.3) is 0 Å². The fourth-order valence-electron chi connectivity index (χ4n) is 2.79. The summed E-state index contributed by atoms with van der Waals surface area (Å²) in [6.45, 7) is 0.779. The highest BCUT2D eigenvalue weighted by Gasteiger charge is 2.30. The predicted octanol–water partition coefficient (Wildman–Crippen LogP) is 0.911. The third-order valence-electron chi connectivity index (χ3n) is 4.05. The van der Waals surface area contributed by atoms with Crippen LogP contribution < -0.4 is 0 Å². The highest BCUT2D eigenvalue weighted by molar-refractivity contribution is 7.88. The van der Waals surface area contributed by atoms with Gasteiger partial charge in [-0.2, -0.15) is 0 Å². The first-order valence-corrected chi connectivity index (χ1v) is 9.05. The molecule has 6 nitrogen and oxygen atoms in total. The molecule has 0 aliphatic carbocycles. The molecule has 0 N–H and O–H groups in total. The molecule has 0 saturated carbocycles. The molecule has 1 saturated heterocycles. The Morgan fingerprint density at radius 2 is 2.05 bits per heavy atom. The van der Waals surface area contributed by atoms with Crippen molar-refractivity contribution >= 4 is 10.0 Å². The van der Waals surface area contributed by atoms with Crippen LogP contribution >= 0.6 is 0 Å². The number of piperidine rings is 1. The first kappa shape index (κ1) is 17.3. The van der Waals surface area contributed by atoms with Gasteiger partial charge in [-0.1, -0.05) is 0 Å². The van der Waals surface area contributed by atoms with E-state index >= 15 is 0 Å². The van der Waals surface area contributed by atoms with Crippen molar-refractivity contribution in [2.45, 2.75) is 31.9 Å². The molecular formula is C13H22F2N4O2S. The summed E-state index contributed by atoms with van der Waals surface area (Å²) in [6.07, 6.45) is 3.30. The molecule has 1 fully saturated rings. The van der Waals surface area contributed by atoms with Crippen LogP contribution in [0, 0.1) is 0 Å². The summed E-state index contributed by atoms with van der Waals surface area (Å²) >= 11 is 0. The van der Waals surface area contributed by atoms with Crippen molar-refractivity contribution in [3.8, 4) is 0 Å². The average molecular weight is 336 g/mol. The number of nitrogens with zero attached hydrogens (tertiary/aromatic N) is 4. The average Bonchev–Trinajstić information content (AvgIpc) is 2.82. The minimum absolute atomic E-state index is 0.0521. The zero-order chi connectivity index (χ0) is 16.3. The zero-order valence-corrected chi connectivity index (χ0v) is 13.6.